The molecule has 0 aliphatic rings. The lowest BCUT2D eigenvalue weighted by Crippen LogP contribution is -2.16. The van der Waals surface area contributed by atoms with Crippen LogP contribution in [0.2, 0.25) is 5.02 Å². The van der Waals surface area contributed by atoms with Crippen LogP contribution in [-0.4, -0.2) is 22.0 Å². The Morgan fingerprint density at radius 2 is 2.05 bits per heavy atom. The summed E-state index contributed by atoms with van der Waals surface area (Å²) in [6.45, 7) is 1.81. The number of nitrogens with one attached hydrogen (secondary N) is 1. The van der Waals surface area contributed by atoms with Crippen LogP contribution in [0.1, 0.15) is 26.3 Å². The predicted octanol–water partition coefficient (Wildman–Crippen LogP) is 2.99. The third-order valence-corrected chi connectivity index (χ3v) is 2.79. The van der Waals surface area contributed by atoms with E-state index in [4.69, 9.17) is 16.7 Å². The highest BCUT2D eigenvalue weighted by atomic mass is 35.5. The number of amides is 1. The fourth-order valence-corrected chi connectivity index (χ4v) is 2.01. The predicted molar refractivity (Wildman–Crippen MR) is 75.3 cm³/mol. The Kier molecular flexibility index (Phi) is 4.00. The summed E-state index contributed by atoms with van der Waals surface area (Å²) in [5.74, 6) is -1.62. The SMILES string of the molecule is Cc1cc(Cl)cc(C(=O)Nc2ncccc2C(=O)O)c1. The molecular formula is C14H11ClN2O3. The second-order valence-electron chi connectivity index (χ2n) is 4.18. The summed E-state index contributed by atoms with van der Waals surface area (Å²) in [7, 11) is 0. The van der Waals surface area contributed by atoms with Gasteiger partial charge in [0.1, 0.15) is 11.4 Å². The van der Waals surface area contributed by atoms with Crippen LogP contribution in [0.4, 0.5) is 5.82 Å². The third-order valence-electron chi connectivity index (χ3n) is 2.57. The number of carboxylic acids is 1. The molecule has 0 unspecified atom stereocenters. The Morgan fingerprint density at radius 3 is 2.70 bits per heavy atom. The first-order valence-corrected chi connectivity index (χ1v) is 6.12. The van der Waals surface area contributed by atoms with Gasteiger partial charge in [0, 0.05) is 16.8 Å². The van der Waals surface area contributed by atoms with Gasteiger partial charge in [-0.1, -0.05) is 11.6 Å². The van der Waals surface area contributed by atoms with Gasteiger partial charge in [-0.3, -0.25) is 4.79 Å². The first-order chi connectivity index (χ1) is 9.47. The van der Waals surface area contributed by atoms with E-state index in [1.807, 2.05) is 6.92 Å². The Hall–Kier alpha value is -2.40. The molecule has 1 amide bonds. The molecule has 102 valence electrons. The van der Waals surface area contributed by atoms with Crippen LogP contribution in [0, 0.1) is 6.92 Å². The lowest BCUT2D eigenvalue weighted by molar-refractivity contribution is 0.0697. The van der Waals surface area contributed by atoms with Crippen molar-refractivity contribution >= 4 is 29.3 Å². The molecule has 1 aromatic carbocycles. The first-order valence-electron chi connectivity index (χ1n) is 5.74. The van der Waals surface area contributed by atoms with Crippen LogP contribution in [0.5, 0.6) is 0 Å². The third kappa shape index (κ3) is 3.13. The molecule has 0 fully saturated rings. The Balaban J connectivity index is 2.30. The molecule has 6 heteroatoms. The van der Waals surface area contributed by atoms with E-state index in [1.165, 1.54) is 24.4 Å². The Labute approximate surface area is 120 Å². The van der Waals surface area contributed by atoms with Gasteiger partial charge >= 0.3 is 5.97 Å². The molecule has 0 saturated heterocycles. The zero-order valence-electron chi connectivity index (χ0n) is 10.6. The van der Waals surface area contributed by atoms with Crippen LogP contribution in [0.15, 0.2) is 36.5 Å². The maximum Gasteiger partial charge on any atom is 0.339 e. The quantitative estimate of drug-likeness (QED) is 0.911. The number of halogens is 1. The number of anilines is 1. The molecule has 0 saturated carbocycles. The number of aryl methyl sites for hydroxylation is 1. The number of hydrogen-bond donors (Lipinski definition) is 2. The van der Waals surface area contributed by atoms with E-state index in [2.05, 4.69) is 10.3 Å². The van der Waals surface area contributed by atoms with Crippen LogP contribution in [-0.2, 0) is 0 Å². The van der Waals surface area contributed by atoms with Gasteiger partial charge in [-0.2, -0.15) is 0 Å². The van der Waals surface area contributed by atoms with Crippen molar-refractivity contribution in [3.8, 4) is 0 Å². The summed E-state index contributed by atoms with van der Waals surface area (Å²) >= 11 is 5.89. The molecule has 1 heterocycles. The number of benzene rings is 1. The van der Waals surface area contributed by atoms with E-state index in [1.54, 1.807) is 12.1 Å². The monoisotopic (exact) mass is 290 g/mol. The summed E-state index contributed by atoms with van der Waals surface area (Å²) in [6.07, 6.45) is 1.41. The number of carbonyl (C=O) groups excluding carboxylic acids is 1. The fraction of sp³-hybridized carbons (Fsp3) is 0.0714. The van der Waals surface area contributed by atoms with Gasteiger partial charge in [0.15, 0.2) is 0 Å². The highest BCUT2D eigenvalue weighted by Gasteiger charge is 2.14. The molecule has 0 bridgehead atoms. The van der Waals surface area contributed by atoms with Crippen LogP contribution >= 0.6 is 11.6 Å². The number of pyridine rings is 1. The van der Waals surface area contributed by atoms with E-state index in [9.17, 15) is 9.59 Å². The zero-order chi connectivity index (χ0) is 14.7. The second kappa shape index (κ2) is 5.71. The summed E-state index contributed by atoms with van der Waals surface area (Å²) in [5, 5.41) is 11.9. The molecule has 0 spiro atoms. The normalized spacial score (nSPS) is 10.1. The topological polar surface area (TPSA) is 79.3 Å². The Bertz CT molecular complexity index is 666. The number of aromatic carboxylic acids is 1. The highest BCUT2D eigenvalue weighted by Crippen LogP contribution is 2.17. The summed E-state index contributed by atoms with van der Waals surface area (Å²) < 4.78 is 0. The minimum atomic E-state index is -1.16. The van der Waals surface area contributed by atoms with E-state index in [0.717, 1.165) is 5.56 Å². The molecule has 0 radical (unpaired) electrons. The van der Waals surface area contributed by atoms with Crippen molar-refractivity contribution in [1.82, 2.24) is 4.98 Å². The molecule has 2 rings (SSSR count). The number of carbonyl (C=O) groups is 2. The average molecular weight is 291 g/mol. The Morgan fingerprint density at radius 1 is 1.30 bits per heavy atom. The molecular weight excluding hydrogens is 280 g/mol. The minimum Gasteiger partial charge on any atom is -0.478 e. The van der Waals surface area contributed by atoms with Gasteiger partial charge in [-0.15, -0.1) is 0 Å². The van der Waals surface area contributed by atoms with Crippen LogP contribution in [0.3, 0.4) is 0 Å². The number of carboxylic acid groups (broad SMARTS) is 1. The van der Waals surface area contributed by atoms with Gasteiger partial charge in [-0.05, 0) is 42.8 Å². The standard InChI is InChI=1S/C14H11ClN2O3/c1-8-5-9(7-10(15)6-8)13(18)17-12-11(14(19)20)3-2-4-16-12/h2-7H,1H3,(H,19,20)(H,16,17,18). The lowest BCUT2D eigenvalue weighted by atomic mass is 10.1. The highest BCUT2D eigenvalue weighted by molar-refractivity contribution is 6.31. The van der Waals surface area contributed by atoms with Gasteiger partial charge in [-0.25, -0.2) is 9.78 Å². The lowest BCUT2D eigenvalue weighted by Gasteiger charge is -2.08. The summed E-state index contributed by atoms with van der Waals surface area (Å²) in [6, 6.07) is 7.75. The van der Waals surface area contributed by atoms with E-state index < -0.39 is 11.9 Å². The molecule has 5 nitrogen and oxygen atoms in total. The largest absolute Gasteiger partial charge is 0.478 e. The van der Waals surface area contributed by atoms with Crippen LogP contribution < -0.4 is 5.32 Å². The van der Waals surface area contributed by atoms with Gasteiger partial charge in [0.25, 0.3) is 5.91 Å². The number of hydrogen-bond acceptors (Lipinski definition) is 3. The number of nitrogens with zero attached hydrogens (tertiary/aromatic N) is 1. The minimum absolute atomic E-state index is 0.00243. The van der Waals surface area contributed by atoms with E-state index in [0.29, 0.717) is 10.6 Å². The number of rotatable bonds is 3. The maximum absolute atomic E-state index is 12.1. The first kappa shape index (κ1) is 14.0. The second-order valence-corrected chi connectivity index (χ2v) is 4.61. The van der Waals surface area contributed by atoms with Crippen molar-refractivity contribution in [2.24, 2.45) is 0 Å². The molecule has 1 aromatic heterocycles. The molecule has 0 aliphatic heterocycles. The molecule has 0 aliphatic carbocycles. The van der Waals surface area contributed by atoms with Crippen molar-refractivity contribution < 1.29 is 14.7 Å². The van der Waals surface area contributed by atoms with Crippen molar-refractivity contribution in [3.05, 3.63) is 58.2 Å². The average Bonchev–Trinajstić information content (AvgIpc) is 2.37. The van der Waals surface area contributed by atoms with Crippen molar-refractivity contribution in [2.45, 2.75) is 6.92 Å². The van der Waals surface area contributed by atoms with Crippen LogP contribution in [0.25, 0.3) is 0 Å². The summed E-state index contributed by atoms with van der Waals surface area (Å²) in [4.78, 5) is 27.0. The van der Waals surface area contributed by atoms with Gasteiger partial charge in [0.2, 0.25) is 0 Å². The van der Waals surface area contributed by atoms with Crippen molar-refractivity contribution in [2.75, 3.05) is 5.32 Å². The van der Waals surface area contributed by atoms with Gasteiger partial charge in [0.05, 0.1) is 0 Å². The molecule has 20 heavy (non-hydrogen) atoms. The fourth-order valence-electron chi connectivity index (χ4n) is 1.72. The smallest absolute Gasteiger partial charge is 0.339 e. The maximum atomic E-state index is 12.1. The molecule has 2 aromatic rings. The van der Waals surface area contributed by atoms with Gasteiger partial charge < -0.3 is 10.4 Å². The molecule has 0 atom stereocenters. The molecule has 2 N–H and O–H groups in total. The number of aromatic nitrogens is 1. The van der Waals surface area contributed by atoms with Crippen molar-refractivity contribution in [1.29, 1.82) is 0 Å². The summed E-state index contributed by atoms with van der Waals surface area (Å²) in [5.41, 5.74) is 1.11. The van der Waals surface area contributed by atoms with E-state index in [-0.39, 0.29) is 11.4 Å². The van der Waals surface area contributed by atoms with Crippen molar-refractivity contribution in [3.63, 3.8) is 0 Å². The van der Waals surface area contributed by atoms with E-state index >= 15 is 0 Å². The zero-order valence-corrected chi connectivity index (χ0v) is 11.3.